The number of piperidine rings is 1. The Morgan fingerprint density at radius 3 is 2.82 bits per heavy atom. The van der Waals surface area contributed by atoms with Crippen LogP contribution in [0.1, 0.15) is 19.3 Å². The van der Waals surface area contributed by atoms with Crippen molar-refractivity contribution >= 4 is 36.4 Å². The normalized spacial score (nSPS) is 18.5. The van der Waals surface area contributed by atoms with Crippen LogP contribution in [0.3, 0.4) is 0 Å². The van der Waals surface area contributed by atoms with E-state index in [1.54, 1.807) is 12.4 Å². The van der Waals surface area contributed by atoms with Crippen LogP contribution in [-0.2, 0) is 4.79 Å². The predicted molar refractivity (Wildman–Crippen MR) is 73.0 cm³/mol. The molecule has 0 bridgehead atoms. The molecule has 1 aromatic heterocycles. The summed E-state index contributed by atoms with van der Waals surface area (Å²) in [6, 6.07) is 3.61. The molecule has 1 fully saturated rings. The Morgan fingerprint density at radius 2 is 2.24 bits per heavy atom. The number of hydrogen-bond donors (Lipinski definition) is 2. The van der Waals surface area contributed by atoms with E-state index in [2.05, 4.69) is 15.6 Å². The van der Waals surface area contributed by atoms with Crippen LogP contribution in [0.5, 0.6) is 0 Å². The summed E-state index contributed by atoms with van der Waals surface area (Å²) in [7, 11) is 0. The Hall–Kier alpha value is -0.840. The van der Waals surface area contributed by atoms with Gasteiger partial charge in [0.15, 0.2) is 0 Å². The van der Waals surface area contributed by atoms with E-state index in [9.17, 15) is 4.79 Å². The molecule has 96 valence electrons. The number of carbonyl (C=O) groups excluding carboxylic acids is 1. The van der Waals surface area contributed by atoms with E-state index in [1.807, 2.05) is 12.1 Å². The largest absolute Gasteiger partial charge is 0.323 e. The lowest BCUT2D eigenvalue weighted by Gasteiger charge is -2.22. The van der Waals surface area contributed by atoms with Crippen LogP contribution < -0.4 is 10.6 Å². The van der Waals surface area contributed by atoms with Crippen molar-refractivity contribution in [2.45, 2.75) is 25.3 Å². The first-order chi connectivity index (χ1) is 7.36. The van der Waals surface area contributed by atoms with Crippen LogP contribution in [0.25, 0.3) is 0 Å². The predicted octanol–water partition coefficient (Wildman–Crippen LogP) is 2.01. The molecule has 1 aromatic rings. The molecular formula is C11H17Cl2N3O. The summed E-state index contributed by atoms with van der Waals surface area (Å²) in [6.07, 6.45) is 6.55. The van der Waals surface area contributed by atoms with Crippen molar-refractivity contribution in [1.82, 2.24) is 10.3 Å². The molecule has 1 aliphatic heterocycles. The van der Waals surface area contributed by atoms with Gasteiger partial charge in [0.05, 0.1) is 17.9 Å². The third-order valence-corrected chi connectivity index (χ3v) is 2.56. The minimum Gasteiger partial charge on any atom is -0.323 e. The van der Waals surface area contributed by atoms with Gasteiger partial charge in [-0.05, 0) is 31.5 Å². The fraction of sp³-hybridized carbons (Fsp3) is 0.455. The van der Waals surface area contributed by atoms with Crippen LogP contribution in [-0.4, -0.2) is 23.5 Å². The highest BCUT2D eigenvalue weighted by molar-refractivity contribution is 5.94. The zero-order valence-electron chi connectivity index (χ0n) is 9.39. The van der Waals surface area contributed by atoms with Crippen LogP contribution in [0.15, 0.2) is 24.5 Å². The second-order valence-corrected chi connectivity index (χ2v) is 3.73. The Balaban J connectivity index is 0.00000128. The average Bonchev–Trinajstić information content (AvgIpc) is 2.31. The third-order valence-electron chi connectivity index (χ3n) is 2.56. The van der Waals surface area contributed by atoms with Crippen molar-refractivity contribution in [3.8, 4) is 0 Å². The van der Waals surface area contributed by atoms with Crippen molar-refractivity contribution in [1.29, 1.82) is 0 Å². The molecule has 0 aliphatic carbocycles. The molecule has 4 nitrogen and oxygen atoms in total. The standard InChI is InChI=1S/C11H15N3O.2ClH/c15-11(10-5-1-2-7-13-10)14-9-4-3-6-12-8-9;;/h3-4,6,8,10,13H,1-2,5,7H2,(H,14,15);2*1H/t10-;;/m0../s1. The van der Waals surface area contributed by atoms with Gasteiger partial charge in [-0.15, -0.1) is 24.8 Å². The van der Waals surface area contributed by atoms with E-state index < -0.39 is 0 Å². The SMILES string of the molecule is Cl.Cl.O=C(Nc1cccnc1)[C@@H]1CCCCN1. The quantitative estimate of drug-likeness (QED) is 0.870. The fourth-order valence-corrected chi connectivity index (χ4v) is 1.74. The number of anilines is 1. The van der Waals surface area contributed by atoms with E-state index in [1.165, 1.54) is 0 Å². The number of aromatic nitrogens is 1. The Bertz CT molecular complexity index is 329. The molecule has 6 heteroatoms. The number of nitrogens with one attached hydrogen (secondary N) is 2. The summed E-state index contributed by atoms with van der Waals surface area (Å²) >= 11 is 0. The second kappa shape index (κ2) is 8.28. The summed E-state index contributed by atoms with van der Waals surface area (Å²) < 4.78 is 0. The van der Waals surface area contributed by atoms with Gasteiger partial charge in [-0.3, -0.25) is 9.78 Å². The van der Waals surface area contributed by atoms with E-state index in [0.717, 1.165) is 31.5 Å². The van der Waals surface area contributed by atoms with Crippen LogP contribution in [0, 0.1) is 0 Å². The van der Waals surface area contributed by atoms with Crippen molar-refractivity contribution in [3.63, 3.8) is 0 Å². The number of nitrogens with zero attached hydrogens (tertiary/aromatic N) is 1. The zero-order valence-corrected chi connectivity index (χ0v) is 11.0. The van der Waals surface area contributed by atoms with Gasteiger partial charge in [0.25, 0.3) is 0 Å². The molecule has 0 unspecified atom stereocenters. The highest BCUT2D eigenvalue weighted by atomic mass is 35.5. The number of pyridine rings is 1. The lowest BCUT2D eigenvalue weighted by atomic mass is 10.0. The van der Waals surface area contributed by atoms with Gasteiger partial charge < -0.3 is 10.6 Å². The number of rotatable bonds is 2. The molecule has 1 atom stereocenters. The molecule has 0 aromatic carbocycles. The van der Waals surface area contributed by atoms with Crippen molar-refractivity contribution in [3.05, 3.63) is 24.5 Å². The smallest absolute Gasteiger partial charge is 0.241 e. The molecule has 1 saturated heterocycles. The number of carbonyl (C=O) groups is 1. The summed E-state index contributed by atoms with van der Waals surface area (Å²) in [6.45, 7) is 0.936. The Morgan fingerprint density at radius 1 is 1.41 bits per heavy atom. The van der Waals surface area contributed by atoms with E-state index in [0.29, 0.717) is 0 Å². The molecule has 2 N–H and O–H groups in total. The fourth-order valence-electron chi connectivity index (χ4n) is 1.74. The van der Waals surface area contributed by atoms with Gasteiger partial charge in [0.2, 0.25) is 5.91 Å². The van der Waals surface area contributed by atoms with E-state index in [4.69, 9.17) is 0 Å². The summed E-state index contributed by atoms with van der Waals surface area (Å²) in [4.78, 5) is 15.7. The topological polar surface area (TPSA) is 54.0 Å². The molecule has 1 aliphatic rings. The minimum absolute atomic E-state index is 0. The van der Waals surface area contributed by atoms with Gasteiger partial charge in [0.1, 0.15) is 0 Å². The maximum atomic E-state index is 11.8. The maximum absolute atomic E-state index is 11.8. The second-order valence-electron chi connectivity index (χ2n) is 3.73. The molecule has 0 radical (unpaired) electrons. The van der Waals surface area contributed by atoms with E-state index in [-0.39, 0.29) is 36.8 Å². The maximum Gasteiger partial charge on any atom is 0.241 e. The van der Waals surface area contributed by atoms with Gasteiger partial charge in [-0.2, -0.15) is 0 Å². The van der Waals surface area contributed by atoms with Gasteiger partial charge in [-0.1, -0.05) is 6.42 Å². The van der Waals surface area contributed by atoms with Crippen molar-refractivity contribution in [2.24, 2.45) is 0 Å². The summed E-state index contributed by atoms with van der Waals surface area (Å²) in [5.41, 5.74) is 0.759. The minimum atomic E-state index is -0.0426. The lowest BCUT2D eigenvalue weighted by Crippen LogP contribution is -2.43. The molecule has 0 saturated carbocycles. The number of halogens is 2. The van der Waals surface area contributed by atoms with Gasteiger partial charge >= 0.3 is 0 Å². The Kier molecular flexibility index (Phi) is 7.87. The molecule has 2 rings (SSSR count). The number of hydrogen-bond acceptors (Lipinski definition) is 3. The van der Waals surface area contributed by atoms with Crippen molar-refractivity contribution in [2.75, 3.05) is 11.9 Å². The van der Waals surface area contributed by atoms with Crippen LogP contribution >= 0.6 is 24.8 Å². The van der Waals surface area contributed by atoms with Gasteiger partial charge in [0, 0.05) is 6.20 Å². The first-order valence-corrected chi connectivity index (χ1v) is 5.30. The highest BCUT2D eigenvalue weighted by Crippen LogP contribution is 2.10. The molecule has 17 heavy (non-hydrogen) atoms. The highest BCUT2D eigenvalue weighted by Gasteiger charge is 2.20. The molecular weight excluding hydrogens is 261 g/mol. The average molecular weight is 278 g/mol. The zero-order chi connectivity index (χ0) is 10.5. The first-order valence-electron chi connectivity index (χ1n) is 5.30. The molecule has 2 heterocycles. The van der Waals surface area contributed by atoms with Gasteiger partial charge in [-0.25, -0.2) is 0 Å². The first kappa shape index (κ1) is 16.2. The third kappa shape index (κ3) is 4.89. The van der Waals surface area contributed by atoms with E-state index >= 15 is 0 Å². The number of amides is 1. The Labute approximate surface area is 113 Å². The van der Waals surface area contributed by atoms with Crippen LogP contribution in [0.2, 0.25) is 0 Å². The summed E-state index contributed by atoms with van der Waals surface area (Å²) in [5.74, 6) is 0.0442. The van der Waals surface area contributed by atoms with Crippen LogP contribution in [0.4, 0.5) is 5.69 Å². The van der Waals surface area contributed by atoms with Crippen molar-refractivity contribution < 1.29 is 4.79 Å². The molecule has 0 spiro atoms. The lowest BCUT2D eigenvalue weighted by molar-refractivity contribution is -0.118. The molecule has 1 amide bonds. The monoisotopic (exact) mass is 277 g/mol. The summed E-state index contributed by atoms with van der Waals surface area (Å²) in [5, 5.41) is 6.05.